The van der Waals surface area contributed by atoms with Crippen molar-refractivity contribution in [2.45, 2.75) is 56.1 Å². The van der Waals surface area contributed by atoms with Crippen LogP contribution in [0, 0.1) is 0 Å². The highest BCUT2D eigenvalue weighted by Crippen LogP contribution is 2.28. The molecule has 3 aromatic rings. The topological polar surface area (TPSA) is 96.0 Å². The van der Waals surface area contributed by atoms with Crippen molar-refractivity contribution in [3.05, 3.63) is 89.4 Å². The molecule has 1 aliphatic rings. The Hall–Kier alpha value is -3.56. The van der Waals surface area contributed by atoms with Crippen molar-refractivity contribution in [2.75, 3.05) is 18.0 Å². The summed E-state index contributed by atoms with van der Waals surface area (Å²) in [5.74, 6) is -0.279. The quantitative estimate of drug-likeness (QED) is 0.342. The molecule has 0 bridgehead atoms. The highest BCUT2D eigenvalue weighted by atomic mass is 35.5. The number of carbonyl (C=O) groups is 2. The Morgan fingerprint density at radius 2 is 1.68 bits per heavy atom. The van der Waals surface area contributed by atoms with E-state index in [-0.39, 0.29) is 29.1 Å². The number of halogens is 1. The van der Waals surface area contributed by atoms with Crippen molar-refractivity contribution in [3.63, 3.8) is 0 Å². The first-order chi connectivity index (χ1) is 19.2. The number of carbonyl (C=O) groups excluding carboxylic acids is 2. The number of amides is 2. The van der Waals surface area contributed by atoms with Gasteiger partial charge in [0.15, 0.2) is 0 Å². The van der Waals surface area contributed by atoms with Crippen molar-refractivity contribution in [1.82, 2.24) is 10.2 Å². The van der Waals surface area contributed by atoms with Crippen LogP contribution in [0.1, 0.15) is 38.2 Å². The summed E-state index contributed by atoms with van der Waals surface area (Å²) in [4.78, 5) is 28.6. The van der Waals surface area contributed by atoms with Gasteiger partial charge in [0.1, 0.15) is 18.3 Å². The molecule has 0 aromatic heterocycles. The highest BCUT2D eigenvalue weighted by molar-refractivity contribution is 7.92. The molecule has 0 saturated heterocycles. The number of nitrogens with zero attached hydrogens (tertiary/aromatic N) is 2. The molecule has 0 heterocycles. The Kier molecular flexibility index (Phi) is 9.71. The summed E-state index contributed by atoms with van der Waals surface area (Å²) >= 11 is 6.22. The van der Waals surface area contributed by atoms with E-state index in [2.05, 4.69) is 5.32 Å². The van der Waals surface area contributed by atoms with Gasteiger partial charge in [0.05, 0.1) is 17.7 Å². The van der Waals surface area contributed by atoms with E-state index in [4.69, 9.17) is 16.3 Å². The van der Waals surface area contributed by atoms with E-state index >= 15 is 0 Å². The van der Waals surface area contributed by atoms with Gasteiger partial charge in [-0.25, -0.2) is 8.42 Å². The number of hydrogen-bond donors (Lipinski definition) is 1. The van der Waals surface area contributed by atoms with Crippen molar-refractivity contribution in [2.24, 2.45) is 0 Å². The minimum absolute atomic E-state index is 0.0114. The van der Waals surface area contributed by atoms with Gasteiger partial charge in [0, 0.05) is 17.6 Å². The molecule has 0 spiro atoms. The van der Waals surface area contributed by atoms with Crippen molar-refractivity contribution >= 4 is 39.1 Å². The number of ether oxygens (including phenoxy) is 1. The molecule has 212 valence electrons. The van der Waals surface area contributed by atoms with Gasteiger partial charge in [-0.1, -0.05) is 60.8 Å². The van der Waals surface area contributed by atoms with Crippen LogP contribution in [0.4, 0.5) is 5.69 Å². The number of sulfonamides is 1. The normalized spacial score (nSPS) is 14.4. The summed E-state index contributed by atoms with van der Waals surface area (Å²) in [6, 6.07) is 20.8. The lowest BCUT2D eigenvalue weighted by Crippen LogP contribution is -2.52. The third-order valence-electron chi connectivity index (χ3n) is 7.09. The standard InChI is InChI=1S/C30H34ClN3O5S/c1-22(30(36)32-25-12-6-7-13-25)33(20-23-9-4-3-5-10-23)29(35)21-34(26-14-8-11-24(31)19-26)40(37,38)28-17-15-27(39-2)16-18-28/h3-5,8-11,14-19,22,25H,6-7,12-13,20-21H2,1-2H3,(H,32,36)/t22-/m0/s1. The molecule has 0 aliphatic heterocycles. The van der Waals surface area contributed by atoms with Crippen LogP contribution in [0.5, 0.6) is 5.75 Å². The first-order valence-corrected chi connectivity index (χ1v) is 15.1. The van der Waals surface area contributed by atoms with Crippen LogP contribution < -0.4 is 14.4 Å². The minimum Gasteiger partial charge on any atom is -0.497 e. The van der Waals surface area contributed by atoms with Gasteiger partial charge in [-0.05, 0) is 67.8 Å². The van der Waals surface area contributed by atoms with Gasteiger partial charge in [0.2, 0.25) is 11.8 Å². The molecule has 4 rings (SSSR count). The Morgan fingerprint density at radius 3 is 2.30 bits per heavy atom. The van der Waals surface area contributed by atoms with Crippen LogP contribution in [0.15, 0.2) is 83.8 Å². The van der Waals surface area contributed by atoms with Gasteiger partial charge in [-0.3, -0.25) is 13.9 Å². The van der Waals surface area contributed by atoms with Gasteiger partial charge in [0.25, 0.3) is 10.0 Å². The van der Waals surface area contributed by atoms with Crippen LogP contribution in [-0.2, 0) is 26.2 Å². The van der Waals surface area contributed by atoms with Gasteiger partial charge >= 0.3 is 0 Å². The molecule has 8 nitrogen and oxygen atoms in total. The first kappa shape index (κ1) is 29.4. The average Bonchev–Trinajstić information content (AvgIpc) is 3.47. The zero-order valence-electron chi connectivity index (χ0n) is 22.6. The largest absolute Gasteiger partial charge is 0.497 e. The van der Waals surface area contributed by atoms with Crippen LogP contribution >= 0.6 is 11.6 Å². The summed E-state index contributed by atoms with van der Waals surface area (Å²) in [7, 11) is -2.70. The van der Waals surface area contributed by atoms with E-state index in [0.717, 1.165) is 35.6 Å². The zero-order chi connectivity index (χ0) is 28.7. The van der Waals surface area contributed by atoms with E-state index in [0.29, 0.717) is 10.8 Å². The number of methoxy groups -OCH3 is 1. The zero-order valence-corrected chi connectivity index (χ0v) is 24.2. The van der Waals surface area contributed by atoms with E-state index in [9.17, 15) is 18.0 Å². The molecule has 1 atom stereocenters. The molecule has 1 aliphatic carbocycles. The van der Waals surface area contributed by atoms with Gasteiger partial charge in [-0.15, -0.1) is 0 Å². The number of rotatable bonds is 11. The maximum atomic E-state index is 14.0. The summed E-state index contributed by atoms with van der Waals surface area (Å²) in [6.07, 6.45) is 3.94. The van der Waals surface area contributed by atoms with E-state index in [1.54, 1.807) is 37.3 Å². The molecule has 0 radical (unpaired) electrons. The molecular weight excluding hydrogens is 550 g/mol. The minimum atomic E-state index is -4.19. The van der Waals surface area contributed by atoms with E-state index < -0.39 is 28.5 Å². The molecule has 10 heteroatoms. The first-order valence-electron chi connectivity index (χ1n) is 13.2. The van der Waals surface area contributed by atoms with Crippen molar-refractivity contribution < 1.29 is 22.7 Å². The number of anilines is 1. The SMILES string of the molecule is COc1ccc(S(=O)(=O)N(CC(=O)N(Cc2ccccc2)[C@@H](C)C(=O)NC2CCCC2)c2cccc(Cl)c2)cc1. The fourth-order valence-corrected chi connectivity index (χ4v) is 6.38. The molecule has 1 N–H and O–H groups in total. The summed E-state index contributed by atoms with van der Waals surface area (Å²) in [6.45, 7) is 1.29. The summed E-state index contributed by atoms with van der Waals surface area (Å²) in [5, 5.41) is 3.39. The Labute approximate surface area is 240 Å². The molecule has 1 fully saturated rings. The average molecular weight is 584 g/mol. The van der Waals surface area contributed by atoms with Crippen LogP contribution in [0.3, 0.4) is 0 Å². The summed E-state index contributed by atoms with van der Waals surface area (Å²) in [5.41, 5.74) is 1.06. The smallest absolute Gasteiger partial charge is 0.264 e. The molecule has 2 amide bonds. The van der Waals surface area contributed by atoms with Crippen LogP contribution in [0.25, 0.3) is 0 Å². The van der Waals surface area contributed by atoms with E-state index in [1.165, 1.54) is 30.2 Å². The van der Waals surface area contributed by atoms with Crippen LogP contribution in [0.2, 0.25) is 5.02 Å². The predicted octanol–water partition coefficient (Wildman–Crippen LogP) is 5.02. The maximum absolute atomic E-state index is 14.0. The van der Waals surface area contributed by atoms with Gasteiger partial charge < -0.3 is 15.0 Å². The van der Waals surface area contributed by atoms with Crippen molar-refractivity contribution in [3.8, 4) is 5.75 Å². The lowest BCUT2D eigenvalue weighted by Gasteiger charge is -2.32. The third kappa shape index (κ3) is 7.14. The Balaban J connectivity index is 1.67. The Bertz CT molecular complexity index is 1410. The number of nitrogens with one attached hydrogen (secondary N) is 1. The molecule has 0 unspecified atom stereocenters. The van der Waals surface area contributed by atoms with Gasteiger partial charge in [-0.2, -0.15) is 0 Å². The lowest BCUT2D eigenvalue weighted by atomic mass is 10.1. The Morgan fingerprint density at radius 1 is 1.00 bits per heavy atom. The van der Waals surface area contributed by atoms with Crippen molar-refractivity contribution in [1.29, 1.82) is 0 Å². The molecule has 1 saturated carbocycles. The molecular formula is C30H34ClN3O5S. The molecule has 3 aromatic carbocycles. The van der Waals surface area contributed by atoms with E-state index in [1.807, 2.05) is 30.3 Å². The third-order valence-corrected chi connectivity index (χ3v) is 9.11. The predicted molar refractivity (Wildman–Crippen MR) is 156 cm³/mol. The number of hydrogen-bond acceptors (Lipinski definition) is 5. The second-order valence-corrected chi connectivity index (χ2v) is 12.1. The monoisotopic (exact) mass is 583 g/mol. The second kappa shape index (κ2) is 13.2. The summed E-state index contributed by atoms with van der Waals surface area (Å²) < 4.78 is 34.0. The fraction of sp³-hybridized carbons (Fsp3) is 0.333. The second-order valence-electron chi connectivity index (χ2n) is 9.84. The maximum Gasteiger partial charge on any atom is 0.264 e. The molecule has 40 heavy (non-hydrogen) atoms. The fourth-order valence-electron chi connectivity index (χ4n) is 4.79. The van der Waals surface area contributed by atoms with Crippen LogP contribution in [-0.4, -0.2) is 50.9 Å². The highest BCUT2D eigenvalue weighted by Gasteiger charge is 2.33. The number of benzene rings is 3. The lowest BCUT2D eigenvalue weighted by molar-refractivity contribution is -0.139.